The number of fused-ring (bicyclic) bond motifs is 3. The summed E-state index contributed by atoms with van der Waals surface area (Å²) in [7, 11) is 1.35. The first kappa shape index (κ1) is 30.1. The fourth-order valence-electron chi connectivity index (χ4n) is 6.21. The maximum absolute atomic E-state index is 13.8. The van der Waals surface area contributed by atoms with Crippen molar-refractivity contribution in [3.63, 3.8) is 0 Å². The first-order valence-corrected chi connectivity index (χ1v) is 14.1. The number of carbonyl (C=O) groups is 3. The SMILES string of the molecule is COc1cccc2c1C(=O)c1c(O)c3c(c(O)c1C2=O)C[C@@](O)(C(C)=O)C[C@@H]3O[C@H]1C[C@H](NCC(C)C)[C@H](O)[C@H](C)O1. The van der Waals surface area contributed by atoms with Crippen molar-refractivity contribution in [2.75, 3.05) is 13.7 Å². The van der Waals surface area contributed by atoms with Crippen molar-refractivity contribution < 1.29 is 49.0 Å². The normalized spacial score (nSPS) is 28.7. The third kappa shape index (κ3) is 4.88. The maximum atomic E-state index is 13.8. The molecular formula is C31H37NO10. The van der Waals surface area contributed by atoms with E-state index in [1.165, 1.54) is 32.2 Å². The van der Waals surface area contributed by atoms with E-state index in [0.29, 0.717) is 12.5 Å². The lowest BCUT2D eigenvalue weighted by molar-refractivity contribution is -0.249. The van der Waals surface area contributed by atoms with Crippen LogP contribution in [0, 0.1) is 5.92 Å². The third-order valence-electron chi connectivity index (χ3n) is 8.54. The predicted octanol–water partition coefficient (Wildman–Crippen LogP) is 2.32. The molecule has 1 fully saturated rings. The number of phenols is 2. The van der Waals surface area contributed by atoms with E-state index >= 15 is 0 Å². The summed E-state index contributed by atoms with van der Waals surface area (Å²) < 4.78 is 17.5. The average Bonchev–Trinajstić information content (AvgIpc) is 2.93. The van der Waals surface area contributed by atoms with Crippen molar-refractivity contribution in [1.29, 1.82) is 0 Å². The first-order valence-electron chi connectivity index (χ1n) is 14.1. The van der Waals surface area contributed by atoms with Gasteiger partial charge in [-0.3, -0.25) is 14.4 Å². The molecule has 0 unspecified atom stereocenters. The Bertz CT molecular complexity index is 1450. The van der Waals surface area contributed by atoms with Crippen LogP contribution in [-0.4, -0.2) is 81.6 Å². The Labute approximate surface area is 243 Å². The Morgan fingerprint density at radius 2 is 1.83 bits per heavy atom. The summed E-state index contributed by atoms with van der Waals surface area (Å²) in [5.74, 6) is -2.76. The topological polar surface area (TPSA) is 172 Å². The van der Waals surface area contributed by atoms with Crippen LogP contribution in [0.4, 0.5) is 0 Å². The molecule has 0 spiro atoms. The van der Waals surface area contributed by atoms with Gasteiger partial charge in [-0.1, -0.05) is 26.0 Å². The number of hydrogen-bond donors (Lipinski definition) is 5. The van der Waals surface area contributed by atoms with Gasteiger partial charge in [0.25, 0.3) is 0 Å². The van der Waals surface area contributed by atoms with Crippen molar-refractivity contribution in [3.8, 4) is 17.2 Å². The molecule has 1 saturated heterocycles. The van der Waals surface area contributed by atoms with Crippen LogP contribution in [0.5, 0.6) is 17.2 Å². The molecule has 3 aliphatic rings. The molecule has 42 heavy (non-hydrogen) atoms. The van der Waals surface area contributed by atoms with Crippen molar-refractivity contribution in [1.82, 2.24) is 5.32 Å². The van der Waals surface area contributed by atoms with Crippen molar-refractivity contribution in [3.05, 3.63) is 51.6 Å². The van der Waals surface area contributed by atoms with Gasteiger partial charge in [0.15, 0.2) is 17.9 Å². The van der Waals surface area contributed by atoms with E-state index < -0.39 is 76.6 Å². The number of methoxy groups -OCH3 is 1. The highest BCUT2D eigenvalue weighted by atomic mass is 16.7. The van der Waals surface area contributed by atoms with E-state index in [4.69, 9.17) is 14.2 Å². The number of benzene rings is 2. The number of hydrogen-bond acceptors (Lipinski definition) is 11. The van der Waals surface area contributed by atoms with E-state index in [2.05, 4.69) is 5.32 Å². The second kappa shape index (κ2) is 11.1. The van der Waals surface area contributed by atoms with E-state index in [1.807, 2.05) is 13.8 Å². The highest BCUT2D eigenvalue weighted by Crippen LogP contribution is 2.52. The summed E-state index contributed by atoms with van der Waals surface area (Å²) >= 11 is 0. The highest BCUT2D eigenvalue weighted by Gasteiger charge is 2.49. The minimum Gasteiger partial charge on any atom is -0.507 e. The average molecular weight is 584 g/mol. The minimum atomic E-state index is -1.99. The van der Waals surface area contributed by atoms with Gasteiger partial charge >= 0.3 is 0 Å². The van der Waals surface area contributed by atoms with Crippen LogP contribution in [0.1, 0.15) is 89.6 Å². The summed E-state index contributed by atoms with van der Waals surface area (Å²) in [5, 5.41) is 48.5. The number of aliphatic hydroxyl groups excluding tert-OH is 1. The number of aromatic hydroxyl groups is 2. The molecule has 0 radical (unpaired) electrons. The second-order valence-corrected chi connectivity index (χ2v) is 11.9. The Kier molecular flexibility index (Phi) is 7.92. The molecule has 1 aliphatic heterocycles. The van der Waals surface area contributed by atoms with Gasteiger partial charge in [0.05, 0.1) is 42.1 Å². The van der Waals surface area contributed by atoms with Crippen LogP contribution >= 0.6 is 0 Å². The standard InChI is InChI=1S/C31H37NO10/c1-13(2)12-32-18-9-21(41-14(3)26(18)34)42-20-11-31(39,15(4)33)10-17-23(20)30(38)25-24(28(17)36)27(35)16-7-6-8-19(40-5)22(16)29(25)37/h6-8,13-14,18,20-21,26,32,34,36,38-39H,9-12H2,1-5H3/t14-,18-,20-,21-,26+,31-/m0/s1. The molecule has 11 nitrogen and oxygen atoms in total. The second-order valence-electron chi connectivity index (χ2n) is 11.9. The largest absolute Gasteiger partial charge is 0.507 e. The van der Waals surface area contributed by atoms with Crippen molar-refractivity contribution in [2.45, 2.75) is 83.2 Å². The van der Waals surface area contributed by atoms with Gasteiger partial charge in [-0.05, 0) is 32.4 Å². The summed E-state index contributed by atoms with van der Waals surface area (Å²) in [5.41, 5.74) is -2.93. The molecule has 6 atom stereocenters. The van der Waals surface area contributed by atoms with Gasteiger partial charge in [-0.25, -0.2) is 0 Å². The zero-order valence-corrected chi connectivity index (χ0v) is 24.3. The summed E-state index contributed by atoms with van der Waals surface area (Å²) in [6.45, 7) is 7.61. The summed E-state index contributed by atoms with van der Waals surface area (Å²) in [6.07, 6.45) is -4.09. The van der Waals surface area contributed by atoms with Crippen molar-refractivity contribution in [2.24, 2.45) is 5.92 Å². The Hall–Kier alpha value is -3.35. The molecule has 11 heteroatoms. The Morgan fingerprint density at radius 1 is 1.14 bits per heavy atom. The lowest BCUT2D eigenvalue weighted by Gasteiger charge is -2.43. The lowest BCUT2D eigenvalue weighted by atomic mass is 9.72. The molecule has 5 rings (SSSR count). The number of phenolic OH excluding ortho intramolecular Hbond substituents is 2. The number of ether oxygens (including phenoxy) is 3. The van der Waals surface area contributed by atoms with Crippen LogP contribution < -0.4 is 10.1 Å². The van der Waals surface area contributed by atoms with E-state index in [0.717, 1.165) is 0 Å². The number of nitrogens with one attached hydrogen (secondary N) is 1. The zero-order valence-electron chi connectivity index (χ0n) is 24.3. The van der Waals surface area contributed by atoms with Crippen molar-refractivity contribution >= 4 is 17.3 Å². The molecule has 2 aromatic carbocycles. The fourth-order valence-corrected chi connectivity index (χ4v) is 6.21. The summed E-state index contributed by atoms with van der Waals surface area (Å²) in [4.78, 5) is 40.0. The van der Waals surface area contributed by atoms with Crippen LogP contribution in [-0.2, 0) is 20.7 Å². The molecular weight excluding hydrogens is 546 g/mol. The third-order valence-corrected chi connectivity index (χ3v) is 8.54. The number of Topliss-reactive ketones (excluding diaryl/α,β-unsaturated/α-hetero) is 1. The van der Waals surface area contributed by atoms with Gasteiger partial charge in [0.1, 0.15) is 22.8 Å². The van der Waals surface area contributed by atoms with Gasteiger partial charge in [-0.2, -0.15) is 0 Å². The molecule has 1 heterocycles. The van der Waals surface area contributed by atoms with Gasteiger partial charge in [-0.15, -0.1) is 0 Å². The van der Waals surface area contributed by atoms with Crippen LogP contribution in [0.3, 0.4) is 0 Å². The van der Waals surface area contributed by atoms with Gasteiger partial charge in [0.2, 0.25) is 5.78 Å². The fraction of sp³-hybridized carbons (Fsp3) is 0.516. The number of rotatable bonds is 7. The quantitative estimate of drug-likeness (QED) is 0.259. The van der Waals surface area contributed by atoms with Crippen LogP contribution in [0.25, 0.3) is 0 Å². The predicted molar refractivity (Wildman–Crippen MR) is 149 cm³/mol. The molecule has 0 bridgehead atoms. The van der Waals surface area contributed by atoms with Gasteiger partial charge in [0, 0.05) is 42.0 Å². The highest BCUT2D eigenvalue weighted by molar-refractivity contribution is 6.31. The minimum absolute atomic E-state index is 0.00460. The lowest BCUT2D eigenvalue weighted by Crippen LogP contribution is -2.55. The van der Waals surface area contributed by atoms with Gasteiger partial charge < -0.3 is 40.0 Å². The van der Waals surface area contributed by atoms with Crippen LogP contribution in [0.15, 0.2) is 18.2 Å². The maximum Gasteiger partial charge on any atom is 0.202 e. The molecule has 0 aromatic heterocycles. The smallest absolute Gasteiger partial charge is 0.202 e. The molecule has 2 aliphatic carbocycles. The monoisotopic (exact) mass is 583 g/mol. The first-order chi connectivity index (χ1) is 19.8. The molecule has 0 saturated carbocycles. The molecule has 0 amide bonds. The number of aliphatic hydroxyl groups is 2. The molecule has 2 aromatic rings. The molecule has 226 valence electrons. The Morgan fingerprint density at radius 3 is 2.48 bits per heavy atom. The number of carbonyl (C=O) groups excluding carboxylic acids is 3. The van der Waals surface area contributed by atoms with E-state index in [-0.39, 0.29) is 46.9 Å². The number of ketones is 3. The van der Waals surface area contributed by atoms with E-state index in [1.54, 1.807) is 6.92 Å². The van der Waals surface area contributed by atoms with Crippen LogP contribution in [0.2, 0.25) is 0 Å². The van der Waals surface area contributed by atoms with E-state index in [9.17, 15) is 34.8 Å². The molecule has 5 N–H and O–H groups in total. The Balaban J connectivity index is 1.61. The zero-order chi connectivity index (χ0) is 30.7. The summed E-state index contributed by atoms with van der Waals surface area (Å²) in [6, 6.07) is 4.09.